The molecule has 6 heterocycles. The Bertz CT molecular complexity index is 2660. The molecule has 9 N–H and O–H groups in total. The average molecular weight is 859 g/mol. The van der Waals surface area contributed by atoms with Crippen LogP contribution >= 0.6 is 0 Å². The number of fused-ring (bicyclic) bond motifs is 10. The molecule has 0 spiro atoms. The first-order valence-corrected chi connectivity index (χ1v) is 22.6. The van der Waals surface area contributed by atoms with Gasteiger partial charge in [0, 0.05) is 65.7 Å². The van der Waals surface area contributed by atoms with Gasteiger partial charge in [-0.05, 0) is 136 Å². The minimum atomic E-state index is -1.24. The fourth-order valence-electron chi connectivity index (χ4n) is 12.4. The Morgan fingerprint density at radius 3 is 2.70 bits per heavy atom. The molecule has 7 aliphatic rings. The van der Waals surface area contributed by atoms with Crippen LogP contribution in [-0.4, -0.2) is 63.5 Å². The molecule has 0 amide bonds. The number of aliphatic hydroxyl groups excluding tert-OH is 2. The van der Waals surface area contributed by atoms with E-state index in [1.54, 1.807) is 32.1 Å². The van der Waals surface area contributed by atoms with E-state index in [2.05, 4.69) is 35.2 Å². The predicted octanol–water partition coefficient (Wildman–Crippen LogP) is 5.70. The van der Waals surface area contributed by atoms with Crippen molar-refractivity contribution in [1.82, 2.24) is 16.0 Å². The number of hydrogen-bond donors (Lipinski definition) is 8. The number of hydrogen-bond acceptors (Lipinski definition) is 13. The second-order valence-corrected chi connectivity index (χ2v) is 18.9. The molecule has 13 heteroatoms. The van der Waals surface area contributed by atoms with Gasteiger partial charge in [-0.2, -0.15) is 0 Å². The SMILES string of the molecule is CC=C(C)C(=O)OC1Cc2c3c(c4oc(CO)cc(=O)c4c2O)C2C4=CCNC(N)=C4C(CCc4ccc(O)cc4C2CO)C2CCC4=C5CCC(C)NC5NC=C4CC2C1(C)O3. The van der Waals surface area contributed by atoms with E-state index in [1.165, 1.54) is 22.8 Å². The highest BCUT2D eigenvalue weighted by Crippen LogP contribution is 2.61. The smallest absolute Gasteiger partial charge is 0.333 e. The summed E-state index contributed by atoms with van der Waals surface area (Å²) in [7, 11) is 0. The van der Waals surface area contributed by atoms with E-state index in [0.717, 1.165) is 48.0 Å². The van der Waals surface area contributed by atoms with E-state index < -0.39 is 41.5 Å². The number of allylic oxidation sites excluding steroid dienone is 5. The minimum absolute atomic E-state index is 0.00691. The summed E-state index contributed by atoms with van der Waals surface area (Å²) >= 11 is 0. The normalized spacial score (nSPS) is 31.1. The van der Waals surface area contributed by atoms with Crippen LogP contribution in [-0.2, 0) is 29.0 Å². The lowest BCUT2D eigenvalue weighted by atomic mass is 9.61. The zero-order valence-electron chi connectivity index (χ0n) is 36.3. The van der Waals surface area contributed by atoms with E-state index in [-0.39, 0.29) is 76.5 Å². The van der Waals surface area contributed by atoms with Crippen molar-refractivity contribution in [2.75, 3.05) is 13.2 Å². The van der Waals surface area contributed by atoms with Gasteiger partial charge in [-0.1, -0.05) is 18.2 Å². The Morgan fingerprint density at radius 1 is 1.10 bits per heavy atom. The molecule has 5 aliphatic heterocycles. The summed E-state index contributed by atoms with van der Waals surface area (Å²) < 4.78 is 20.8. The summed E-state index contributed by atoms with van der Waals surface area (Å²) in [5.41, 5.74) is 14.0. The summed E-state index contributed by atoms with van der Waals surface area (Å²) in [5.74, 6) is -2.12. The van der Waals surface area contributed by atoms with Crippen LogP contribution in [0.5, 0.6) is 17.2 Å². The number of phenols is 2. The third-order valence-electron chi connectivity index (χ3n) is 15.7. The van der Waals surface area contributed by atoms with Gasteiger partial charge in [0.2, 0.25) is 0 Å². The van der Waals surface area contributed by atoms with E-state index in [1.807, 2.05) is 13.0 Å². The molecule has 9 unspecified atom stereocenters. The molecule has 9 atom stereocenters. The maximum atomic E-state index is 14.2. The maximum Gasteiger partial charge on any atom is 0.333 e. The van der Waals surface area contributed by atoms with Crippen LogP contribution in [0, 0.1) is 17.8 Å². The molecule has 0 radical (unpaired) electrons. The van der Waals surface area contributed by atoms with Gasteiger partial charge in [-0.25, -0.2) is 4.79 Å². The zero-order valence-corrected chi connectivity index (χ0v) is 36.3. The Balaban J connectivity index is 1.33. The summed E-state index contributed by atoms with van der Waals surface area (Å²) in [6.45, 7) is 7.18. The molecule has 3 aromatic rings. The molecule has 10 rings (SSSR count). The molecule has 13 nitrogen and oxygen atoms in total. The number of piperidine rings is 1. The number of ether oxygens (including phenoxy) is 2. The monoisotopic (exact) mass is 858 g/mol. The van der Waals surface area contributed by atoms with Gasteiger partial charge in [0.05, 0.1) is 12.8 Å². The van der Waals surface area contributed by atoms with E-state index in [4.69, 9.17) is 19.6 Å². The van der Waals surface area contributed by atoms with Gasteiger partial charge in [-0.15, -0.1) is 0 Å². The summed E-state index contributed by atoms with van der Waals surface area (Å²) in [4.78, 5) is 28.3. The maximum absolute atomic E-state index is 14.2. The number of carbonyl (C=O) groups is 1. The van der Waals surface area contributed by atoms with Crippen LogP contribution in [0.3, 0.4) is 0 Å². The number of esters is 1. The lowest BCUT2D eigenvalue weighted by molar-refractivity contribution is -0.169. The van der Waals surface area contributed by atoms with Crippen molar-refractivity contribution in [1.29, 1.82) is 0 Å². The third kappa shape index (κ3) is 6.51. The number of carbonyl (C=O) groups excluding carboxylic acids is 1. The van der Waals surface area contributed by atoms with Crippen LogP contribution in [0.1, 0.15) is 106 Å². The van der Waals surface area contributed by atoms with Gasteiger partial charge in [-0.3, -0.25) is 10.1 Å². The summed E-state index contributed by atoms with van der Waals surface area (Å²) in [5, 5.41) is 56.6. The fraction of sp³-hybridized carbons (Fsp3) is 0.480. The standard InChI is InChI=1S/C50H58N4O9/c1-5-23(2)49(60)62-39-19-35-44(59)42-38(58)18-28(21-55)61-46(42)43-40-33-14-15-52-47(51)41(33)31(11-8-25-7-9-27(57)17-34(25)36(40)22-56)30-13-12-29-26(16-37(30)50(39,4)63-45(35)43)20-53-48-32(29)10-6-24(3)54-48/h5,7,9,14,17-18,20,24,30-31,36-37,39-40,48,52-57,59H,6,8,10-13,15-16,19,21-22,51H2,1-4H3. The molecule has 63 heavy (non-hydrogen) atoms. The number of aryl methyl sites for hydroxylation is 1. The molecular weight excluding hydrogens is 801 g/mol. The molecular formula is C50H58N4O9. The summed E-state index contributed by atoms with van der Waals surface area (Å²) in [6.07, 6.45) is 10.6. The lowest BCUT2D eigenvalue weighted by Gasteiger charge is -2.52. The van der Waals surface area contributed by atoms with E-state index in [0.29, 0.717) is 48.8 Å². The molecule has 2 aliphatic carbocycles. The van der Waals surface area contributed by atoms with Crippen LogP contribution in [0.4, 0.5) is 0 Å². The molecule has 1 aromatic heterocycles. The zero-order chi connectivity index (χ0) is 44.1. The number of nitrogens with two attached hydrogens (primary N) is 1. The Kier molecular flexibility index (Phi) is 10.3. The van der Waals surface area contributed by atoms with Crippen molar-refractivity contribution in [3.8, 4) is 17.2 Å². The molecule has 1 saturated heterocycles. The molecule has 2 fully saturated rings. The van der Waals surface area contributed by atoms with Crippen molar-refractivity contribution in [2.24, 2.45) is 23.5 Å². The van der Waals surface area contributed by atoms with Gasteiger partial charge < -0.3 is 50.7 Å². The molecule has 1 saturated carbocycles. The Morgan fingerprint density at radius 2 is 1.92 bits per heavy atom. The van der Waals surface area contributed by atoms with Crippen molar-refractivity contribution in [2.45, 2.75) is 121 Å². The van der Waals surface area contributed by atoms with Crippen molar-refractivity contribution >= 4 is 16.9 Å². The number of nitrogens with one attached hydrogen (secondary N) is 3. The predicted molar refractivity (Wildman–Crippen MR) is 237 cm³/mol. The number of phenolic OH excluding ortho intramolecular Hbond substituents is 2. The number of benzene rings is 2. The number of rotatable bonds is 4. The highest BCUT2D eigenvalue weighted by molar-refractivity contribution is 5.92. The summed E-state index contributed by atoms with van der Waals surface area (Å²) in [6, 6.07) is 6.88. The quantitative estimate of drug-likeness (QED) is 0.117. The largest absolute Gasteiger partial charge is 0.508 e. The highest BCUT2D eigenvalue weighted by atomic mass is 16.6. The number of aliphatic hydroxyl groups is 2. The van der Waals surface area contributed by atoms with Crippen LogP contribution < -0.4 is 31.8 Å². The van der Waals surface area contributed by atoms with E-state index in [9.17, 15) is 30.0 Å². The molecule has 4 bridgehead atoms. The number of aromatic hydroxyl groups is 2. The van der Waals surface area contributed by atoms with Gasteiger partial charge in [0.1, 0.15) is 58.1 Å². The molecule has 332 valence electrons. The van der Waals surface area contributed by atoms with Gasteiger partial charge >= 0.3 is 5.97 Å². The second kappa shape index (κ2) is 15.6. The third-order valence-corrected chi connectivity index (χ3v) is 15.7. The first-order chi connectivity index (χ1) is 30.3. The first kappa shape index (κ1) is 41.5. The van der Waals surface area contributed by atoms with Gasteiger partial charge in [0.25, 0.3) is 0 Å². The highest BCUT2D eigenvalue weighted by Gasteiger charge is 2.58. The second-order valence-electron chi connectivity index (χ2n) is 18.9. The number of dihydropyridines is 2. The van der Waals surface area contributed by atoms with Crippen LogP contribution in [0.2, 0.25) is 0 Å². The topological polar surface area (TPSA) is 209 Å². The first-order valence-electron chi connectivity index (χ1n) is 22.6. The van der Waals surface area contributed by atoms with Crippen molar-refractivity contribution in [3.63, 3.8) is 0 Å². The van der Waals surface area contributed by atoms with E-state index >= 15 is 0 Å². The minimum Gasteiger partial charge on any atom is -0.508 e. The van der Waals surface area contributed by atoms with Crippen molar-refractivity contribution < 1.29 is 39.1 Å². The molecule has 2 aromatic carbocycles. The van der Waals surface area contributed by atoms with Crippen LogP contribution in [0.15, 0.2) is 91.1 Å². The lowest BCUT2D eigenvalue weighted by Crippen LogP contribution is -2.59. The van der Waals surface area contributed by atoms with Crippen LogP contribution in [0.25, 0.3) is 11.0 Å². The average Bonchev–Trinajstić information content (AvgIpc) is 3.44. The Labute approximate surface area is 366 Å². The fourth-order valence-corrected chi connectivity index (χ4v) is 12.4. The Hall–Kier alpha value is -5.50. The van der Waals surface area contributed by atoms with Gasteiger partial charge in [0.15, 0.2) is 5.43 Å². The van der Waals surface area contributed by atoms with Crippen molar-refractivity contribution in [3.05, 3.63) is 120 Å².